The summed E-state index contributed by atoms with van der Waals surface area (Å²) in [5.41, 5.74) is 5.84. The molecule has 1 aliphatic heterocycles. The molecule has 0 radical (unpaired) electrons. The Morgan fingerprint density at radius 2 is 2.00 bits per heavy atom. The Hall–Kier alpha value is -1.37. The summed E-state index contributed by atoms with van der Waals surface area (Å²) >= 11 is 10.9. The molecule has 0 aliphatic carbocycles. The molecule has 0 atom stereocenters. The van der Waals surface area contributed by atoms with Crippen molar-refractivity contribution in [2.75, 3.05) is 32.7 Å². The van der Waals surface area contributed by atoms with Crippen molar-refractivity contribution in [1.82, 2.24) is 9.80 Å². The van der Waals surface area contributed by atoms with Gasteiger partial charge < -0.3 is 15.7 Å². The maximum atomic E-state index is 12.4. The number of nitrogens with zero attached hydrogens (tertiary/aromatic N) is 2. The van der Waals surface area contributed by atoms with E-state index < -0.39 is 0 Å². The van der Waals surface area contributed by atoms with E-state index in [0.717, 1.165) is 13.1 Å². The first-order valence-corrected chi connectivity index (χ1v) is 7.04. The van der Waals surface area contributed by atoms with Crippen LogP contribution in [0, 0.1) is 0 Å². The van der Waals surface area contributed by atoms with Crippen LogP contribution in [0.3, 0.4) is 0 Å². The maximum Gasteiger partial charge on any atom is 0.255 e. The van der Waals surface area contributed by atoms with E-state index >= 15 is 0 Å². The van der Waals surface area contributed by atoms with Crippen molar-refractivity contribution >= 4 is 34.7 Å². The second-order valence-electron chi connectivity index (χ2n) is 4.70. The Morgan fingerprint density at radius 3 is 2.60 bits per heavy atom. The Balaban J connectivity index is 2.01. The number of rotatable bonds is 3. The molecule has 0 aromatic heterocycles. The van der Waals surface area contributed by atoms with Gasteiger partial charge >= 0.3 is 0 Å². The van der Waals surface area contributed by atoms with Crippen LogP contribution in [0.1, 0.15) is 10.4 Å². The molecule has 7 heteroatoms. The molecule has 5 nitrogen and oxygen atoms in total. The minimum atomic E-state index is -0.166. The molecule has 0 unspecified atom stereocenters. The Morgan fingerprint density at radius 1 is 1.35 bits per heavy atom. The van der Waals surface area contributed by atoms with Crippen molar-refractivity contribution in [2.45, 2.75) is 0 Å². The third-order valence-corrected chi connectivity index (χ3v) is 3.68. The van der Waals surface area contributed by atoms with E-state index in [-0.39, 0.29) is 11.7 Å². The lowest BCUT2D eigenvalue weighted by Crippen LogP contribution is -2.50. The number of halogens is 1. The van der Waals surface area contributed by atoms with E-state index in [1.807, 2.05) is 0 Å². The molecule has 108 valence electrons. The number of aromatic hydroxyl groups is 1. The number of nitrogens with two attached hydrogens (primary N) is 1. The molecule has 0 saturated carbocycles. The van der Waals surface area contributed by atoms with Gasteiger partial charge in [-0.2, -0.15) is 0 Å². The van der Waals surface area contributed by atoms with Crippen LogP contribution in [0.25, 0.3) is 0 Å². The quantitative estimate of drug-likeness (QED) is 0.818. The summed E-state index contributed by atoms with van der Waals surface area (Å²) in [5.74, 6) is -0.134. The zero-order valence-electron chi connectivity index (χ0n) is 10.9. The number of phenolic OH excluding ortho intramolecular Hbond substituents is 1. The second kappa shape index (κ2) is 6.39. The number of piperazine rings is 1. The fourth-order valence-corrected chi connectivity index (χ4v) is 2.56. The minimum Gasteiger partial charge on any atom is -0.508 e. The van der Waals surface area contributed by atoms with Crippen molar-refractivity contribution in [1.29, 1.82) is 0 Å². The third-order valence-electron chi connectivity index (χ3n) is 3.22. The van der Waals surface area contributed by atoms with Gasteiger partial charge in [-0.15, -0.1) is 0 Å². The Bertz CT molecular complexity index is 530. The molecule has 0 spiro atoms. The van der Waals surface area contributed by atoms with Gasteiger partial charge in [-0.05, 0) is 18.2 Å². The van der Waals surface area contributed by atoms with Gasteiger partial charge in [-0.1, -0.05) is 23.8 Å². The lowest BCUT2D eigenvalue weighted by atomic mass is 10.1. The summed E-state index contributed by atoms with van der Waals surface area (Å²) in [6, 6.07) is 4.37. The molecule has 20 heavy (non-hydrogen) atoms. The molecule has 2 rings (SSSR count). The number of benzene rings is 1. The fraction of sp³-hybridized carbons (Fsp3) is 0.385. The van der Waals surface area contributed by atoms with Crippen molar-refractivity contribution in [3.05, 3.63) is 28.8 Å². The van der Waals surface area contributed by atoms with Gasteiger partial charge in [0.2, 0.25) is 0 Å². The number of hydrogen-bond donors (Lipinski definition) is 2. The van der Waals surface area contributed by atoms with E-state index in [9.17, 15) is 9.90 Å². The number of phenols is 1. The van der Waals surface area contributed by atoms with Crippen LogP contribution in [-0.2, 0) is 0 Å². The SMILES string of the molecule is NC(=S)CN1CCN(C(=O)c2cc(O)ccc2Cl)CC1. The van der Waals surface area contributed by atoms with Gasteiger partial charge in [0.15, 0.2) is 0 Å². The predicted molar refractivity (Wildman–Crippen MR) is 82.2 cm³/mol. The molecule has 1 heterocycles. The van der Waals surface area contributed by atoms with E-state index in [2.05, 4.69) is 4.90 Å². The summed E-state index contributed by atoms with van der Waals surface area (Å²) in [6.45, 7) is 3.20. The highest BCUT2D eigenvalue weighted by atomic mass is 35.5. The Kier molecular flexibility index (Phi) is 4.80. The second-order valence-corrected chi connectivity index (χ2v) is 5.63. The zero-order chi connectivity index (χ0) is 14.7. The van der Waals surface area contributed by atoms with Crippen LogP contribution >= 0.6 is 23.8 Å². The summed E-state index contributed by atoms with van der Waals surface area (Å²) in [7, 11) is 0. The van der Waals surface area contributed by atoms with Crippen LogP contribution in [-0.4, -0.2) is 58.5 Å². The molecular weight excluding hydrogens is 298 g/mol. The molecular formula is C13H16ClN3O2S. The summed E-state index contributed by atoms with van der Waals surface area (Å²) in [4.78, 5) is 16.6. The van der Waals surface area contributed by atoms with Gasteiger partial charge in [0.25, 0.3) is 5.91 Å². The first kappa shape index (κ1) is 15.0. The van der Waals surface area contributed by atoms with Crippen molar-refractivity contribution in [2.24, 2.45) is 5.73 Å². The normalized spacial score (nSPS) is 16.1. The average molecular weight is 314 g/mol. The largest absolute Gasteiger partial charge is 0.508 e. The molecule has 0 bridgehead atoms. The molecule has 1 aliphatic rings. The van der Waals surface area contributed by atoms with Gasteiger partial charge in [0.1, 0.15) is 5.75 Å². The summed E-state index contributed by atoms with van der Waals surface area (Å²) < 4.78 is 0. The van der Waals surface area contributed by atoms with E-state index in [4.69, 9.17) is 29.6 Å². The van der Waals surface area contributed by atoms with Crippen LogP contribution in [0.5, 0.6) is 5.75 Å². The fourth-order valence-electron chi connectivity index (χ4n) is 2.18. The monoisotopic (exact) mass is 313 g/mol. The highest BCUT2D eigenvalue weighted by molar-refractivity contribution is 7.80. The molecule has 1 saturated heterocycles. The molecule has 1 aromatic rings. The van der Waals surface area contributed by atoms with Crippen LogP contribution < -0.4 is 5.73 Å². The van der Waals surface area contributed by atoms with E-state index in [0.29, 0.717) is 35.2 Å². The number of carbonyl (C=O) groups excluding carboxylic acids is 1. The first-order valence-electron chi connectivity index (χ1n) is 6.26. The topological polar surface area (TPSA) is 69.8 Å². The molecule has 1 amide bonds. The predicted octanol–water partition coefficient (Wildman–Crippen LogP) is 1.09. The number of hydrogen-bond acceptors (Lipinski definition) is 4. The molecule has 1 aromatic carbocycles. The molecule has 1 fully saturated rings. The Labute approximate surface area is 127 Å². The standard InChI is InChI=1S/C13H16ClN3O2S/c14-11-2-1-9(18)7-10(11)13(19)17-5-3-16(4-6-17)8-12(15)20/h1-2,7,18H,3-6,8H2,(H2,15,20). The molecule has 3 N–H and O–H groups in total. The van der Waals surface area contributed by atoms with Gasteiger partial charge in [-0.25, -0.2) is 0 Å². The zero-order valence-corrected chi connectivity index (χ0v) is 12.5. The van der Waals surface area contributed by atoms with E-state index in [1.54, 1.807) is 4.90 Å². The van der Waals surface area contributed by atoms with Gasteiger partial charge in [0, 0.05) is 32.7 Å². The van der Waals surface area contributed by atoms with Crippen molar-refractivity contribution < 1.29 is 9.90 Å². The van der Waals surface area contributed by atoms with Crippen LogP contribution in [0.15, 0.2) is 18.2 Å². The smallest absolute Gasteiger partial charge is 0.255 e. The highest BCUT2D eigenvalue weighted by Crippen LogP contribution is 2.23. The number of carbonyl (C=O) groups is 1. The highest BCUT2D eigenvalue weighted by Gasteiger charge is 2.23. The summed E-state index contributed by atoms with van der Waals surface area (Å²) in [5, 5.41) is 9.81. The van der Waals surface area contributed by atoms with Gasteiger partial charge in [0.05, 0.1) is 15.6 Å². The van der Waals surface area contributed by atoms with Gasteiger partial charge in [-0.3, -0.25) is 9.69 Å². The van der Waals surface area contributed by atoms with E-state index in [1.165, 1.54) is 18.2 Å². The number of thiocarbonyl (C=S) groups is 1. The van der Waals surface area contributed by atoms with Crippen molar-refractivity contribution in [3.8, 4) is 5.75 Å². The lowest BCUT2D eigenvalue weighted by Gasteiger charge is -2.34. The lowest BCUT2D eigenvalue weighted by molar-refractivity contribution is 0.0654. The third kappa shape index (κ3) is 3.59. The number of amides is 1. The van der Waals surface area contributed by atoms with Crippen molar-refractivity contribution in [3.63, 3.8) is 0 Å². The summed E-state index contributed by atoms with van der Waals surface area (Å²) in [6.07, 6.45) is 0. The minimum absolute atomic E-state index is 0.0323. The first-order chi connectivity index (χ1) is 9.47. The van der Waals surface area contributed by atoms with Crippen LogP contribution in [0.4, 0.5) is 0 Å². The maximum absolute atomic E-state index is 12.4. The van der Waals surface area contributed by atoms with Crippen LogP contribution in [0.2, 0.25) is 5.02 Å². The average Bonchev–Trinajstić information content (AvgIpc) is 2.41.